The Labute approximate surface area is 107 Å². The lowest BCUT2D eigenvalue weighted by Crippen LogP contribution is -2.18. The second-order valence-electron chi connectivity index (χ2n) is 4.23. The molecule has 0 saturated carbocycles. The van der Waals surface area contributed by atoms with Gasteiger partial charge in [0.15, 0.2) is 21.3 Å². The SMILES string of the molecule is CNCCc1cc2c(cc1S(C)(=O)=O)OCCO2. The molecular weight excluding hydrogens is 254 g/mol. The third kappa shape index (κ3) is 2.76. The van der Waals surface area contributed by atoms with E-state index in [1.807, 2.05) is 7.05 Å². The topological polar surface area (TPSA) is 64.6 Å². The van der Waals surface area contributed by atoms with Crippen molar-refractivity contribution in [2.24, 2.45) is 0 Å². The highest BCUT2D eigenvalue weighted by atomic mass is 32.2. The van der Waals surface area contributed by atoms with Crippen LogP contribution in [-0.4, -0.2) is 41.5 Å². The maximum atomic E-state index is 11.8. The van der Waals surface area contributed by atoms with Gasteiger partial charge in [0.2, 0.25) is 0 Å². The van der Waals surface area contributed by atoms with Gasteiger partial charge in [-0.15, -0.1) is 0 Å². The summed E-state index contributed by atoms with van der Waals surface area (Å²) in [4.78, 5) is 0.321. The van der Waals surface area contributed by atoms with E-state index in [-0.39, 0.29) is 0 Å². The molecule has 1 aliphatic rings. The zero-order valence-corrected chi connectivity index (χ0v) is 11.3. The van der Waals surface area contributed by atoms with Crippen LogP contribution in [-0.2, 0) is 16.3 Å². The molecule has 5 nitrogen and oxygen atoms in total. The molecule has 1 aromatic carbocycles. The first-order valence-corrected chi connectivity index (χ1v) is 7.68. The predicted molar refractivity (Wildman–Crippen MR) is 68.2 cm³/mol. The van der Waals surface area contributed by atoms with Gasteiger partial charge in [-0.1, -0.05) is 0 Å². The van der Waals surface area contributed by atoms with E-state index in [1.165, 1.54) is 6.26 Å². The Morgan fingerprint density at radius 3 is 2.39 bits per heavy atom. The molecule has 1 aromatic rings. The smallest absolute Gasteiger partial charge is 0.175 e. The van der Waals surface area contributed by atoms with E-state index < -0.39 is 9.84 Å². The molecule has 0 bridgehead atoms. The maximum Gasteiger partial charge on any atom is 0.175 e. The van der Waals surface area contributed by atoms with Crippen molar-refractivity contribution >= 4 is 9.84 Å². The lowest BCUT2D eigenvalue weighted by molar-refractivity contribution is 0.171. The highest BCUT2D eigenvalue weighted by Crippen LogP contribution is 2.35. The minimum atomic E-state index is -3.26. The highest BCUT2D eigenvalue weighted by Gasteiger charge is 2.20. The van der Waals surface area contributed by atoms with Crippen LogP contribution in [0.1, 0.15) is 5.56 Å². The summed E-state index contributed by atoms with van der Waals surface area (Å²) < 4.78 is 34.5. The summed E-state index contributed by atoms with van der Waals surface area (Å²) in [5, 5.41) is 3.01. The molecule has 0 unspecified atom stereocenters. The third-order valence-corrected chi connectivity index (χ3v) is 3.95. The molecule has 18 heavy (non-hydrogen) atoms. The zero-order chi connectivity index (χ0) is 13.2. The second kappa shape index (κ2) is 5.16. The van der Waals surface area contributed by atoms with Crippen LogP contribution in [0.25, 0.3) is 0 Å². The normalized spacial score (nSPS) is 14.6. The van der Waals surface area contributed by atoms with Gasteiger partial charge in [0.05, 0.1) is 4.90 Å². The molecule has 0 fully saturated rings. The van der Waals surface area contributed by atoms with Gasteiger partial charge >= 0.3 is 0 Å². The van der Waals surface area contributed by atoms with Crippen LogP contribution in [0.5, 0.6) is 11.5 Å². The molecule has 0 spiro atoms. The van der Waals surface area contributed by atoms with Crippen molar-refractivity contribution in [3.63, 3.8) is 0 Å². The van der Waals surface area contributed by atoms with Gasteiger partial charge < -0.3 is 14.8 Å². The van der Waals surface area contributed by atoms with Crippen LogP contribution >= 0.6 is 0 Å². The van der Waals surface area contributed by atoms with Gasteiger partial charge in [0, 0.05) is 12.3 Å². The molecule has 0 aliphatic carbocycles. The number of hydrogen-bond acceptors (Lipinski definition) is 5. The quantitative estimate of drug-likeness (QED) is 0.870. The summed E-state index contributed by atoms with van der Waals surface area (Å²) in [6.07, 6.45) is 1.84. The average Bonchev–Trinajstić information content (AvgIpc) is 2.34. The number of rotatable bonds is 4. The van der Waals surface area contributed by atoms with Gasteiger partial charge in [-0.05, 0) is 31.6 Å². The van der Waals surface area contributed by atoms with E-state index in [4.69, 9.17) is 9.47 Å². The Morgan fingerprint density at radius 1 is 1.22 bits per heavy atom. The number of fused-ring (bicyclic) bond motifs is 1. The van der Waals surface area contributed by atoms with E-state index in [2.05, 4.69) is 5.32 Å². The van der Waals surface area contributed by atoms with Crippen molar-refractivity contribution in [3.05, 3.63) is 17.7 Å². The summed E-state index contributed by atoms with van der Waals surface area (Å²) in [6, 6.07) is 3.33. The van der Waals surface area contributed by atoms with Gasteiger partial charge in [0.25, 0.3) is 0 Å². The Morgan fingerprint density at radius 2 is 1.83 bits per heavy atom. The maximum absolute atomic E-state index is 11.8. The minimum absolute atomic E-state index is 0.321. The molecule has 100 valence electrons. The first-order chi connectivity index (χ1) is 8.52. The van der Waals surface area contributed by atoms with Crippen molar-refractivity contribution in [3.8, 4) is 11.5 Å². The molecule has 1 aliphatic heterocycles. The van der Waals surface area contributed by atoms with Crippen LogP contribution in [0.2, 0.25) is 0 Å². The zero-order valence-electron chi connectivity index (χ0n) is 10.5. The lowest BCUT2D eigenvalue weighted by Gasteiger charge is -2.20. The van der Waals surface area contributed by atoms with Gasteiger partial charge in [0.1, 0.15) is 13.2 Å². The van der Waals surface area contributed by atoms with Crippen LogP contribution in [0.15, 0.2) is 17.0 Å². The van der Waals surface area contributed by atoms with Crippen LogP contribution in [0.4, 0.5) is 0 Å². The Balaban J connectivity index is 2.47. The molecule has 1 N–H and O–H groups in total. The monoisotopic (exact) mass is 271 g/mol. The Bertz CT molecular complexity index is 539. The van der Waals surface area contributed by atoms with Gasteiger partial charge in [-0.2, -0.15) is 0 Å². The average molecular weight is 271 g/mol. The predicted octanol–water partition coefficient (Wildman–Crippen LogP) is 0.623. The van der Waals surface area contributed by atoms with Crippen molar-refractivity contribution in [2.45, 2.75) is 11.3 Å². The van der Waals surface area contributed by atoms with Gasteiger partial charge in [-0.25, -0.2) is 8.42 Å². The summed E-state index contributed by atoms with van der Waals surface area (Å²) in [5.41, 5.74) is 0.760. The molecule has 0 aromatic heterocycles. The number of likely N-dealkylation sites (N-methyl/N-ethyl adjacent to an activating group) is 1. The van der Waals surface area contributed by atoms with Crippen molar-refractivity contribution in [1.29, 1.82) is 0 Å². The van der Waals surface area contributed by atoms with Gasteiger partial charge in [-0.3, -0.25) is 0 Å². The first kappa shape index (κ1) is 13.2. The van der Waals surface area contributed by atoms with E-state index in [9.17, 15) is 8.42 Å². The molecule has 0 saturated heterocycles. The van der Waals surface area contributed by atoms with E-state index in [0.29, 0.717) is 42.6 Å². The largest absolute Gasteiger partial charge is 0.486 e. The van der Waals surface area contributed by atoms with E-state index >= 15 is 0 Å². The van der Waals surface area contributed by atoms with Crippen molar-refractivity contribution < 1.29 is 17.9 Å². The fourth-order valence-corrected chi connectivity index (χ4v) is 2.87. The standard InChI is InChI=1S/C12H17NO4S/c1-13-4-3-9-7-10-11(17-6-5-16-10)8-12(9)18(2,14)15/h7-8,13H,3-6H2,1-2H3. The molecule has 0 amide bonds. The highest BCUT2D eigenvalue weighted by molar-refractivity contribution is 7.90. The molecule has 1 heterocycles. The minimum Gasteiger partial charge on any atom is -0.486 e. The van der Waals surface area contributed by atoms with Crippen LogP contribution < -0.4 is 14.8 Å². The number of ether oxygens (including phenoxy) is 2. The number of nitrogens with one attached hydrogen (secondary N) is 1. The number of hydrogen-bond donors (Lipinski definition) is 1. The fraction of sp³-hybridized carbons (Fsp3) is 0.500. The number of sulfone groups is 1. The molecule has 6 heteroatoms. The summed E-state index contributed by atoms with van der Waals surface area (Å²) in [5.74, 6) is 1.13. The summed E-state index contributed by atoms with van der Waals surface area (Å²) >= 11 is 0. The molecular formula is C12H17NO4S. The Kier molecular flexibility index (Phi) is 3.77. The van der Waals surface area contributed by atoms with Crippen molar-refractivity contribution in [2.75, 3.05) is 33.1 Å². The number of benzene rings is 1. The fourth-order valence-electron chi connectivity index (χ4n) is 1.91. The van der Waals surface area contributed by atoms with Crippen molar-refractivity contribution in [1.82, 2.24) is 5.32 Å². The van der Waals surface area contributed by atoms with Crippen LogP contribution in [0.3, 0.4) is 0 Å². The Hall–Kier alpha value is -1.27. The molecule has 2 rings (SSSR count). The lowest BCUT2D eigenvalue weighted by atomic mass is 10.1. The van der Waals surface area contributed by atoms with Crippen LogP contribution in [0, 0.1) is 0 Å². The van der Waals surface area contributed by atoms with E-state index in [0.717, 1.165) is 5.56 Å². The molecule has 0 atom stereocenters. The summed E-state index contributed by atoms with van der Waals surface area (Å²) in [7, 11) is -1.43. The molecule has 0 radical (unpaired) electrons. The third-order valence-electron chi connectivity index (χ3n) is 2.77. The van der Waals surface area contributed by atoms with E-state index in [1.54, 1.807) is 12.1 Å². The summed E-state index contributed by atoms with van der Waals surface area (Å²) in [6.45, 7) is 1.66. The second-order valence-corrected chi connectivity index (χ2v) is 6.21. The first-order valence-electron chi connectivity index (χ1n) is 5.79.